The Morgan fingerprint density at radius 1 is 1.17 bits per heavy atom. The van der Waals surface area contributed by atoms with Crippen LogP contribution in [0.5, 0.6) is 0 Å². The standard InChI is InChI=1S/C21H29NO2/c1-19-8-5-15(23)13-14(19)3-4-16-17(19)6-9-20(2)18(16)7-10-21(20,24)11-12-22/h13,16-18,24H,3-11H2,1-2H3/t16-,17-,18+,19-,20+,21-/m0/s1. The minimum atomic E-state index is -0.795. The van der Waals surface area contributed by atoms with Crippen LogP contribution in [0.1, 0.15) is 71.6 Å². The molecule has 1 N–H and O–H groups in total. The van der Waals surface area contributed by atoms with E-state index in [1.807, 2.05) is 6.08 Å². The number of carbonyl (C=O) groups is 1. The number of nitrogens with zero attached hydrogens (tertiary/aromatic N) is 1. The van der Waals surface area contributed by atoms with Crippen molar-refractivity contribution in [2.45, 2.75) is 77.2 Å². The van der Waals surface area contributed by atoms with E-state index in [0.717, 1.165) is 44.9 Å². The molecule has 3 saturated carbocycles. The van der Waals surface area contributed by atoms with Crippen LogP contribution in [0.15, 0.2) is 11.6 Å². The van der Waals surface area contributed by atoms with E-state index in [-0.39, 0.29) is 17.3 Å². The van der Waals surface area contributed by atoms with Gasteiger partial charge in [0, 0.05) is 11.8 Å². The number of rotatable bonds is 1. The van der Waals surface area contributed by atoms with Gasteiger partial charge in [0.1, 0.15) is 0 Å². The predicted octanol–water partition coefficient (Wildman–Crippen LogP) is 4.16. The molecule has 4 rings (SSSR count). The van der Waals surface area contributed by atoms with Gasteiger partial charge in [0.15, 0.2) is 5.78 Å². The Labute approximate surface area is 145 Å². The fourth-order valence-corrected chi connectivity index (χ4v) is 7.09. The van der Waals surface area contributed by atoms with E-state index in [1.165, 1.54) is 5.57 Å². The van der Waals surface area contributed by atoms with Crippen molar-refractivity contribution in [3.8, 4) is 6.07 Å². The lowest BCUT2D eigenvalue weighted by Crippen LogP contribution is -2.54. The lowest BCUT2D eigenvalue weighted by molar-refractivity contribution is -0.128. The average molecular weight is 327 g/mol. The van der Waals surface area contributed by atoms with Crippen molar-refractivity contribution in [3.05, 3.63) is 11.6 Å². The third kappa shape index (κ3) is 1.96. The topological polar surface area (TPSA) is 61.1 Å². The Bertz CT molecular complexity index is 647. The van der Waals surface area contributed by atoms with Crippen LogP contribution < -0.4 is 0 Å². The summed E-state index contributed by atoms with van der Waals surface area (Å²) < 4.78 is 0. The molecule has 0 aromatic carbocycles. The van der Waals surface area contributed by atoms with E-state index in [9.17, 15) is 15.2 Å². The van der Waals surface area contributed by atoms with Gasteiger partial charge in [-0.25, -0.2) is 0 Å². The molecule has 0 saturated heterocycles. The molecule has 0 unspecified atom stereocenters. The van der Waals surface area contributed by atoms with Crippen molar-refractivity contribution in [1.29, 1.82) is 5.26 Å². The molecule has 130 valence electrons. The van der Waals surface area contributed by atoms with Crippen molar-refractivity contribution in [2.24, 2.45) is 28.6 Å². The molecule has 0 heterocycles. The first-order valence-corrected chi connectivity index (χ1v) is 9.67. The maximum atomic E-state index is 11.9. The van der Waals surface area contributed by atoms with Crippen molar-refractivity contribution < 1.29 is 9.90 Å². The maximum Gasteiger partial charge on any atom is 0.155 e. The highest BCUT2D eigenvalue weighted by atomic mass is 16.3. The fraction of sp³-hybridized carbons (Fsp3) is 0.810. The number of carbonyl (C=O) groups excluding carboxylic acids is 1. The average Bonchev–Trinajstić information content (AvgIpc) is 2.80. The third-order valence-electron chi connectivity index (χ3n) is 8.66. The number of aliphatic hydroxyl groups is 1. The predicted molar refractivity (Wildman–Crippen MR) is 91.9 cm³/mol. The lowest BCUT2D eigenvalue weighted by Gasteiger charge is -2.59. The Kier molecular flexibility index (Phi) is 3.52. The van der Waals surface area contributed by atoms with Gasteiger partial charge in [-0.2, -0.15) is 5.26 Å². The number of nitriles is 1. The van der Waals surface area contributed by atoms with Gasteiger partial charge in [-0.15, -0.1) is 0 Å². The van der Waals surface area contributed by atoms with Crippen LogP contribution in [0.4, 0.5) is 0 Å². The molecule has 24 heavy (non-hydrogen) atoms. The number of hydrogen-bond donors (Lipinski definition) is 1. The molecule has 0 spiro atoms. The van der Waals surface area contributed by atoms with Crippen LogP contribution in [0.3, 0.4) is 0 Å². The molecule has 3 fully saturated rings. The minimum Gasteiger partial charge on any atom is -0.388 e. The number of hydrogen-bond acceptors (Lipinski definition) is 3. The Hall–Kier alpha value is -1.14. The second-order valence-electron chi connectivity index (χ2n) is 9.33. The van der Waals surface area contributed by atoms with Crippen molar-refractivity contribution >= 4 is 5.78 Å². The zero-order valence-corrected chi connectivity index (χ0v) is 15.0. The Morgan fingerprint density at radius 2 is 1.92 bits per heavy atom. The zero-order valence-electron chi connectivity index (χ0n) is 15.0. The molecule has 0 aromatic rings. The third-order valence-corrected chi connectivity index (χ3v) is 8.66. The molecule has 0 bridgehead atoms. The van der Waals surface area contributed by atoms with E-state index in [4.69, 9.17) is 0 Å². The molecule has 4 aliphatic rings. The van der Waals surface area contributed by atoms with Gasteiger partial charge >= 0.3 is 0 Å². The fourth-order valence-electron chi connectivity index (χ4n) is 7.09. The van der Waals surface area contributed by atoms with Crippen LogP contribution in [-0.4, -0.2) is 16.5 Å². The SMILES string of the molecule is C[C@]12CCC(=O)C=C1CC[C@@H]1[C@H]3CC[C@](O)(CC#N)[C@]3(C)CC[C@@H]12. The summed E-state index contributed by atoms with van der Waals surface area (Å²) in [6, 6.07) is 2.24. The first kappa shape index (κ1) is 16.3. The molecule has 4 aliphatic carbocycles. The van der Waals surface area contributed by atoms with E-state index in [0.29, 0.717) is 30.0 Å². The van der Waals surface area contributed by atoms with Crippen LogP contribution in [-0.2, 0) is 4.79 Å². The summed E-state index contributed by atoms with van der Waals surface area (Å²) in [6.07, 6.45) is 10.1. The van der Waals surface area contributed by atoms with Gasteiger partial charge in [0.2, 0.25) is 0 Å². The number of fused-ring (bicyclic) bond motifs is 5. The molecule has 0 aromatic heterocycles. The summed E-state index contributed by atoms with van der Waals surface area (Å²) in [5.41, 5.74) is 0.686. The summed E-state index contributed by atoms with van der Waals surface area (Å²) >= 11 is 0. The highest BCUT2D eigenvalue weighted by molar-refractivity contribution is 5.91. The highest BCUT2D eigenvalue weighted by Gasteiger charge is 2.63. The number of ketones is 1. The van der Waals surface area contributed by atoms with Crippen LogP contribution in [0.25, 0.3) is 0 Å². The molecule has 0 radical (unpaired) electrons. The molecule has 6 atom stereocenters. The van der Waals surface area contributed by atoms with Crippen molar-refractivity contribution in [3.63, 3.8) is 0 Å². The molecule has 0 amide bonds. The molecule has 3 nitrogen and oxygen atoms in total. The Balaban J connectivity index is 1.67. The Morgan fingerprint density at radius 3 is 2.67 bits per heavy atom. The van der Waals surface area contributed by atoms with E-state index in [1.54, 1.807) is 0 Å². The van der Waals surface area contributed by atoms with E-state index in [2.05, 4.69) is 19.9 Å². The van der Waals surface area contributed by atoms with Crippen LogP contribution in [0, 0.1) is 39.9 Å². The lowest BCUT2D eigenvalue weighted by atomic mass is 9.46. The molecule has 0 aliphatic heterocycles. The summed E-state index contributed by atoms with van der Waals surface area (Å²) in [7, 11) is 0. The minimum absolute atomic E-state index is 0.105. The van der Waals surface area contributed by atoms with Crippen LogP contribution in [0.2, 0.25) is 0 Å². The van der Waals surface area contributed by atoms with Gasteiger partial charge < -0.3 is 5.11 Å². The molecular formula is C21H29NO2. The summed E-state index contributed by atoms with van der Waals surface area (Å²) in [6.45, 7) is 4.64. The van der Waals surface area contributed by atoms with E-state index >= 15 is 0 Å². The van der Waals surface area contributed by atoms with Crippen LogP contribution >= 0.6 is 0 Å². The first-order chi connectivity index (χ1) is 11.3. The molecular weight excluding hydrogens is 298 g/mol. The van der Waals surface area contributed by atoms with Crippen molar-refractivity contribution in [1.82, 2.24) is 0 Å². The van der Waals surface area contributed by atoms with Crippen molar-refractivity contribution in [2.75, 3.05) is 0 Å². The zero-order chi connectivity index (χ0) is 17.2. The van der Waals surface area contributed by atoms with Gasteiger partial charge in [0.05, 0.1) is 18.1 Å². The van der Waals surface area contributed by atoms with Gasteiger partial charge in [-0.1, -0.05) is 19.4 Å². The molecule has 3 heteroatoms. The van der Waals surface area contributed by atoms with Gasteiger partial charge in [-0.3, -0.25) is 4.79 Å². The monoisotopic (exact) mass is 327 g/mol. The quantitative estimate of drug-likeness (QED) is 0.786. The normalized spacial score (nSPS) is 50.3. The van der Waals surface area contributed by atoms with E-state index < -0.39 is 5.60 Å². The largest absolute Gasteiger partial charge is 0.388 e. The van der Waals surface area contributed by atoms with Gasteiger partial charge in [0.25, 0.3) is 0 Å². The summed E-state index contributed by atoms with van der Waals surface area (Å²) in [4.78, 5) is 11.9. The summed E-state index contributed by atoms with van der Waals surface area (Å²) in [5, 5.41) is 20.4. The maximum absolute atomic E-state index is 11.9. The highest BCUT2D eigenvalue weighted by Crippen LogP contribution is 2.67. The second-order valence-corrected chi connectivity index (χ2v) is 9.33. The first-order valence-electron chi connectivity index (χ1n) is 9.67. The smallest absolute Gasteiger partial charge is 0.155 e. The number of allylic oxidation sites excluding steroid dienone is 1. The summed E-state index contributed by atoms with van der Waals surface area (Å²) in [5.74, 6) is 2.14. The second kappa shape index (κ2) is 5.18. The van der Waals surface area contributed by atoms with Gasteiger partial charge in [-0.05, 0) is 74.2 Å².